The Kier molecular flexibility index (Phi) is 6.06. The van der Waals surface area contributed by atoms with E-state index < -0.39 is 0 Å². The summed E-state index contributed by atoms with van der Waals surface area (Å²) in [5, 5.41) is 3.39. The van der Waals surface area contributed by atoms with Crippen molar-refractivity contribution in [3.8, 4) is 0 Å². The fraction of sp³-hybridized carbons (Fsp3) is 0.625. The summed E-state index contributed by atoms with van der Waals surface area (Å²) in [5.74, 6) is 0.611. The van der Waals surface area contributed by atoms with E-state index in [0.29, 0.717) is 5.92 Å². The maximum Gasteiger partial charge on any atom is 0.130 e. The van der Waals surface area contributed by atoms with Gasteiger partial charge < -0.3 is 5.32 Å². The van der Waals surface area contributed by atoms with Crippen LogP contribution in [-0.4, -0.2) is 31.1 Å². The number of piperazine rings is 1. The third-order valence-corrected chi connectivity index (χ3v) is 5.17. The van der Waals surface area contributed by atoms with E-state index in [-0.39, 0.29) is 24.3 Å². The standard InChI is InChI=1S/C16H22BrFN2.ClH/c1-11-9-13(17)10-14(15(11)18)16(12-3-2-4-12)20-7-5-19-6-8-20;/h9-10,12,16,19H,2-8H2,1H3;1H/t16-;/m1./s1. The molecule has 3 rings (SSSR count). The number of nitrogens with one attached hydrogen (secondary N) is 1. The quantitative estimate of drug-likeness (QED) is 0.854. The van der Waals surface area contributed by atoms with E-state index in [2.05, 4.69) is 26.1 Å². The lowest BCUT2D eigenvalue weighted by Gasteiger charge is -2.43. The minimum absolute atomic E-state index is 0. The molecular formula is C16H23BrClFN2. The van der Waals surface area contributed by atoms with E-state index in [9.17, 15) is 4.39 Å². The summed E-state index contributed by atoms with van der Waals surface area (Å²) in [7, 11) is 0. The van der Waals surface area contributed by atoms with Crippen LogP contribution in [0.25, 0.3) is 0 Å². The van der Waals surface area contributed by atoms with Gasteiger partial charge in [-0.15, -0.1) is 12.4 Å². The fourth-order valence-electron chi connectivity index (χ4n) is 3.43. The van der Waals surface area contributed by atoms with Crippen LogP contribution in [0.5, 0.6) is 0 Å². The first-order valence-electron chi connectivity index (χ1n) is 7.57. The Hall–Kier alpha value is -0.160. The van der Waals surface area contributed by atoms with Gasteiger partial charge in [0.05, 0.1) is 0 Å². The highest BCUT2D eigenvalue weighted by Gasteiger charge is 2.35. The van der Waals surface area contributed by atoms with Crippen LogP contribution >= 0.6 is 28.3 Å². The number of hydrogen-bond donors (Lipinski definition) is 1. The number of rotatable bonds is 3. The van der Waals surface area contributed by atoms with Crippen molar-refractivity contribution in [2.24, 2.45) is 5.92 Å². The summed E-state index contributed by atoms with van der Waals surface area (Å²) in [5.41, 5.74) is 1.64. The van der Waals surface area contributed by atoms with Crippen LogP contribution in [0.2, 0.25) is 0 Å². The minimum Gasteiger partial charge on any atom is -0.314 e. The van der Waals surface area contributed by atoms with Crippen LogP contribution in [0.1, 0.15) is 36.4 Å². The normalized spacial score (nSPS) is 21.5. The molecule has 2 fully saturated rings. The molecule has 1 aliphatic heterocycles. The zero-order chi connectivity index (χ0) is 14.1. The Morgan fingerprint density at radius 1 is 1.29 bits per heavy atom. The molecule has 1 saturated heterocycles. The smallest absolute Gasteiger partial charge is 0.130 e. The average Bonchev–Trinajstić information content (AvgIpc) is 2.39. The first-order valence-corrected chi connectivity index (χ1v) is 8.36. The SMILES string of the molecule is Cc1cc(Br)cc([C@@H](C2CCC2)N2CCNCC2)c1F.Cl. The molecule has 0 unspecified atom stereocenters. The first-order chi connectivity index (χ1) is 9.66. The van der Waals surface area contributed by atoms with Crippen LogP contribution < -0.4 is 5.32 Å². The topological polar surface area (TPSA) is 15.3 Å². The van der Waals surface area contributed by atoms with Crippen LogP contribution in [0.15, 0.2) is 16.6 Å². The molecule has 1 saturated carbocycles. The lowest BCUT2D eigenvalue weighted by Crippen LogP contribution is -2.48. The van der Waals surface area contributed by atoms with Gasteiger partial charge in [-0.25, -0.2) is 4.39 Å². The van der Waals surface area contributed by atoms with Crippen molar-refractivity contribution in [2.45, 2.75) is 32.2 Å². The van der Waals surface area contributed by atoms with Crippen molar-refractivity contribution >= 4 is 28.3 Å². The van der Waals surface area contributed by atoms with Crippen LogP contribution in [0.3, 0.4) is 0 Å². The summed E-state index contributed by atoms with van der Waals surface area (Å²) in [6.07, 6.45) is 3.76. The third kappa shape index (κ3) is 3.61. The zero-order valence-electron chi connectivity index (χ0n) is 12.4. The monoisotopic (exact) mass is 376 g/mol. The molecule has 2 nitrogen and oxygen atoms in total. The maximum atomic E-state index is 14.6. The van der Waals surface area contributed by atoms with E-state index in [1.807, 2.05) is 19.1 Å². The molecule has 1 heterocycles. The highest BCUT2D eigenvalue weighted by Crippen LogP contribution is 2.43. The number of halogens is 3. The molecule has 0 aromatic heterocycles. The summed E-state index contributed by atoms with van der Waals surface area (Å²) in [6, 6.07) is 4.11. The van der Waals surface area contributed by atoms with E-state index in [1.54, 1.807) is 0 Å². The van der Waals surface area contributed by atoms with E-state index in [0.717, 1.165) is 41.8 Å². The summed E-state index contributed by atoms with van der Waals surface area (Å²) in [4.78, 5) is 2.48. The van der Waals surface area contributed by atoms with Crippen molar-refractivity contribution < 1.29 is 4.39 Å². The Morgan fingerprint density at radius 3 is 2.52 bits per heavy atom. The molecule has 1 aliphatic carbocycles. The van der Waals surface area contributed by atoms with Gasteiger partial charge >= 0.3 is 0 Å². The molecule has 1 aromatic carbocycles. The van der Waals surface area contributed by atoms with Crippen molar-refractivity contribution in [1.29, 1.82) is 0 Å². The Bertz CT molecular complexity index is 487. The Morgan fingerprint density at radius 2 is 1.95 bits per heavy atom. The first kappa shape index (κ1) is 17.2. The number of nitrogens with zero attached hydrogens (tertiary/aromatic N) is 1. The molecule has 1 atom stereocenters. The molecule has 1 aromatic rings. The van der Waals surface area contributed by atoms with E-state index in [1.165, 1.54) is 19.3 Å². The molecule has 2 aliphatic rings. The highest BCUT2D eigenvalue weighted by atomic mass is 79.9. The van der Waals surface area contributed by atoms with Gasteiger partial charge in [-0.05, 0) is 43.4 Å². The zero-order valence-corrected chi connectivity index (χ0v) is 14.8. The fourth-order valence-corrected chi connectivity index (χ4v) is 4.02. The Balaban J connectivity index is 0.00000161. The molecule has 0 bridgehead atoms. The molecule has 0 radical (unpaired) electrons. The van der Waals surface area contributed by atoms with Crippen molar-refractivity contribution in [1.82, 2.24) is 10.2 Å². The van der Waals surface area contributed by atoms with Crippen molar-refractivity contribution in [3.63, 3.8) is 0 Å². The van der Waals surface area contributed by atoms with Crippen LogP contribution in [-0.2, 0) is 0 Å². The largest absolute Gasteiger partial charge is 0.314 e. The van der Waals surface area contributed by atoms with E-state index >= 15 is 0 Å². The van der Waals surface area contributed by atoms with Gasteiger partial charge in [0.1, 0.15) is 5.82 Å². The molecule has 1 N–H and O–H groups in total. The van der Waals surface area contributed by atoms with Crippen LogP contribution in [0.4, 0.5) is 4.39 Å². The molecule has 118 valence electrons. The summed E-state index contributed by atoms with van der Waals surface area (Å²) in [6.45, 7) is 5.92. The predicted octanol–water partition coefficient (Wildman–Crippen LogP) is 4.06. The number of benzene rings is 1. The number of aryl methyl sites for hydroxylation is 1. The second kappa shape index (κ2) is 7.40. The molecule has 21 heavy (non-hydrogen) atoms. The summed E-state index contributed by atoms with van der Waals surface area (Å²) < 4.78 is 15.6. The lowest BCUT2D eigenvalue weighted by molar-refractivity contribution is 0.0811. The van der Waals surface area contributed by atoms with Gasteiger partial charge in [0, 0.05) is 42.3 Å². The molecule has 0 amide bonds. The minimum atomic E-state index is -0.0105. The van der Waals surface area contributed by atoms with Gasteiger partial charge in [0.15, 0.2) is 0 Å². The van der Waals surface area contributed by atoms with Gasteiger partial charge in [0.2, 0.25) is 0 Å². The van der Waals surface area contributed by atoms with Crippen LogP contribution in [0, 0.1) is 18.7 Å². The molecule has 5 heteroatoms. The predicted molar refractivity (Wildman–Crippen MR) is 90.6 cm³/mol. The van der Waals surface area contributed by atoms with Gasteiger partial charge in [0.25, 0.3) is 0 Å². The second-order valence-corrected chi connectivity index (χ2v) is 6.96. The van der Waals surface area contributed by atoms with Gasteiger partial charge in [-0.2, -0.15) is 0 Å². The van der Waals surface area contributed by atoms with Gasteiger partial charge in [-0.1, -0.05) is 22.4 Å². The van der Waals surface area contributed by atoms with E-state index in [4.69, 9.17) is 0 Å². The molecule has 0 spiro atoms. The lowest BCUT2D eigenvalue weighted by atomic mass is 9.76. The average molecular weight is 378 g/mol. The second-order valence-electron chi connectivity index (χ2n) is 6.05. The van der Waals surface area contributed by atoms with Gasteiger partial charge in [-0.3, -0.25) is 4.90 Å². The maximum absolute atomic E-state index is 14.6. The highest BCUT2D eigenvalue weighted by molar-refractivity contribution is 9.10. The Labute approximate surface area is 141 Å². The third-order valence-electron chi connectivity index (χ3n) is 4.71. The molecular weight excluding hydrogens is 355 g/mol. The van der Waals surface area contributed by atoms with Crippen molar-refractivity contribution in [3.05, 3.63) is 33.5 Å². The number of hydrogen-bond acceptors (Lipinski definition) is 2. The summed E-state index contributed by atoms with van der Waals surface area (Å²) >= 11 is 3.53. The van der Waals surface area contributed by atoms with Crippen molar-refractivity contribution in [2.75, 3.05) is 26.2 Å².